The molecule has 190 valence electrons. The lowest BCUT2D eigenvalue weighted by molar-refractivity contribution is -0.142. The molecule has 0 radical (unpaired) electrons. The Bertz CT molecular complexity index is 1310. The van der Waals surface area contributed by atoms with Crippen LogP contribution >= 0.6 is 0 Å². The summed E-state index contributed by atoms with van der Waals surface area (Å²) in [5.74, 6) is 1.06. The van der Waals surface area contributed by atoms with E-state index in [0.29, 0.717) is 30.2 Å². The Balaban J connectivity index is 0.00000176. The van der Waals surface area contributed by atoms with Gasteiger partial charge in [0.2, 0.25) is 0 Å². The largest absolute Gasteiger partial charge is 0.493 e. The zero-order valence-corrected chi connectivity index (χ0v) is 21.7. The van der Waals surface area contributed by atoms with Gasteiger partial charge in [0.15, 0.2) is 11.3 Å². The molecule has 6 nitrogen and oxygen atoms in total. The molecule has 0 atom stereocenters. The number of ether oxygens (including phenoxy) is 3. The highest BCUT2D eigenvalue weighted by molar-refractivity contribution is 5.91. The Kier molecular flexibility index (Phi) is 9.53. The van der Waals surface area contributed by atoms with Crippen molar-refractivity contribution in [2.45, 2.75) is 47.3 Å². The first-order valence-electron chi connectivity index (χ1n) is 12.3. The number of furan rings is 1. The van der Waals surface area contributed by atoms with E-state index in [0.717, 1.165) is 38.8 Å². The van der Waals surface area contributed by atoms with Gasteiger partial charge in [-0.15, -0.1) is 0 Å². The quantitative estimate of drug-likeness (QED) is 0.267. The highest BCUT2D eigenvalue weighted by Gasteiger charge is 2.17. The van der Waals surface area contributed by atoms with E-state index < -0.39 is 0 Å². The van der Waals surface area contributed by atoms with Gasteiger partial charge in [0, 0.05) is 23.1 Å². The number of nitrogens with two attached hydrogens (primary N) is 1. The van der Waals surface area contributed by atoms with Crippen molar-refractivity contribution in [1.29, 1.82) is 0 Å². The number of esters is 1. The minimum Gasteiger partial charge on any atom is -0.493 e. The molecule has 1 aromatic heterocycles. The van der Waals surface area contributed by atoms with E-state index in [1.54, 1.807) is 20.3 Å². The van der Waals surface area contributed by atoms with Gasteiger partial charge in [-0.25, -0.2) is 0 Å². The number of aryl methyl sites for hydroxylation is 1. The van der Waals surface area contributed by atoms with E-state index in [2.05, 4.69) is 12.1 Å². The summed E-state index contributed by atoms with van der Waals surface area (Å²) in [6, 6.07) is 17.9. The molecule has 6 heteroatoms. The summed E-state index contributed by atoms with van der Waals surface area (Å²) in [4.78, 5) is 12.1. The van der Waals surface area contributed by atoms with E-state index in [1.165, 1.54) is 0 Å². The monoisotopic (exact) mass is 489 g/mol. The lowest BCUT2D eigenvalue weighted by Crippen LogP contribution is -2.09. The van der Waals surface area contributed by atoms with Crippen LogP contribution in [0.4, 0.5) is 0 Å². The van der Waals surface area contributed by atoms with Gasteiger partial charge in [-0.3, -0.25) is 4.79 Å². The van der Waals surface area contributed by atoms with Gasteiger partial charge >= 0.3 is 5.97 Å². The number of carbonyl (C=O) groups is 1. The van der Waals surface area contributed by atoms with Crippen LogP contribution < -0.4 is 15.2 Å². The van der Waals surface area contributed by atoms with Crippen molar-refractivity contribution in [2.24, 2.45) is 5.73 Å². The van der Waals surface area contributed by atoms with Gasteiger partial charge in [0.25, 0.3) is 0 Å². The van der Waals surface area contributed by atoms with Crippen molar-refractivity contribution >= 4 is 16.9 Å². The predicted octanol–water partition coefficient (Wildman–Crippen LogP) is 6.59. The minimum atomic E-state index is -0.277. The summed E-state index contributed by atoms with van der Waals surface area (Å²) < 4.78 is 22.8. The maximum Gasteiger partial charge on any atom is 0.310 e. The Hall–Kier alpha value is -3.77. The van der Waals surface area contributed by atoms with Crippen LogP contribution in [0.1, 0.15) is 43.0 Å². The molecule has 4 aromatic rings. The van der Waals surface area contributed by atoms with Crippen molar-refractivity contribution in [3.8, 4) is 22.6 Å². The minimum absolute atomic E-state index is 0.159. The normalized spacial score (nSPS) is 10.5. The molecule has 2 N–H and O–H groups in total. The average molecular weight is 490 g/mol. The van der Waals surface area contributed by atoms with Crippen molar-refractivity contribution in [2.75, 3.05) is 13.7 Å². The number of benzene rings is 3. The SMILES string of the molecule is CC.CCOC(=O)Cc1cccc(C)c1OCc1coc2c(OC)cc(-c3cccc(CN)c3)cc12. The van der Waals surface area contributed by atoms with Gasteiger partial charge < -0.3 is 24.4 Å². The van der Waals surface area contributed by atoms with Crippen LogP contribution in [-0.4, -0.2) is 19.7 Å². The van der Waals surface area contributed by atoms with Gasteiger partial charge in [0.1, 0.15) is 12.4 Å². The molecule has 0 saturated carbocycles. The van der Waals surface area contributed by atoms with Gasteiger partial charge in [-0.1, -0.05) is 50.2 Å². The number of hydrogen-bond donors (Lipinski definition) is 1. The number of para-hydroxylation sites is 1. The smallest absolute Gasteiger partial charge is 0.310 e. The van der Waals surface area contributed by atoms with Crippen LogP contribution in [-0.2, 0) is 29.1 Å². The van der Waals surface area contributed by atoms with Crippen molar-refractivity contribution in [3.63, 3.8) is 0 Å². The van der Waals surface area contributed by atoms with Crippen LogP contribution in [0.5, 0.6) is 11.5 Å². The maximum absolute atomic E-state index is 12.1. The standard InChI is InChI=1S/C28H29NO5.C2H6/c1-4-32-26(30)14-21-10-5-7-18(2)27(21)33-16-23-17-34-28-24(23)12-22(13-25(28)31-3)20-9-6-8-19(11-20)15-29;1-2/h5-13,17H,4,14-16,29H2,1-3H3;1-2H3. The lowest BCUT2D eigenvalue weighted by Gasteiger charge is -2.14. The second-order valence-corrected chi connectivity index (χ2v) is 8.05. The molecule has 0 bridgehead atoms. The fraction of sp³-hybridized carbons (Fsp3) is 0.300. The van der Waals surface area contributed by atoms with E-state index >= 15 is 0 Å². The molecule has 0 unspecified atom stereocenters. The predicted molar refractivity (Wildman–Crippen MR) is 143 cm³/mol. The van der Waals surface area contributed by atoms with Crippen LogP contribution in [0, 0.1) is 6.92 Å². The van der Waals surface area contributed by atoms with Crippen molar-refractivity contribution in [1.82, 2.24) is 0 Å². The fourth-order valence-electron chi connectivity index (χ4n) is 4.04. The molecule has 0 saturated heterocycles. The Morgan fingerprint density at radius 3 is 2.50 bits per heavy atom. The molecule has 0 spiro atoms. The molecular formula is C30H35NO5. The van der Waals surface area contributed by atoms with Crippen LogP contribution in [0.2, 0.25) is 0 Å². The molecule has 3 aromatic carbocycles. The van der Waals surface area contributed by atoms with Crippen LogP contribution in [0.15, 0.2) is 65.3 Å². The Morgan fingerprint density at radius 1 is 1.00 bits per heavy atom. The number of hydrogen-bond acceptors (Lipinski definition) is 6. The summed E-state index contributed by atoms with van der Waals surface area (Å²) in [5, 5.41) is 0.910. The maximum atomic E-state index is 12.1. The third-order valence-corrected chi connectivity index (χ3v) is 5.74. The molecule has 0 fully saturated rings. The second-order valence-electron chi connectivity index (χ2n) is 8.05. The fourth-order valence-corrected chi connectivity index (χ4v) is 4.04. The highest BCUT2D eigenvalue weighted by Crippen LogP contribution is 2.36. The summed E-state index contributed by atoms with van der Waals surface area (Å²) in [7, 11) is 1.63. The molecule has 1 heterocycles. The van der Waals surface area contributed by atoms with Gasteiger partial charge in [-0.05, 0) is 54.3 Å². The van der Waals surface area contributed by atoms with Crippen LogP contribution in [0.25, 0.3) is 22.1 Å². The summed E-state index contributed by atoms with van der Waals surface area (Å²) in [6.07, 6.45) is 1.85. The van der Waals surface area contributed by atoms with Crippen molar-refractivity contribution < 1.29 is 23.4 Å². The van der Waals surface area contributed by atoms with E-state index in [-0.39, 0.29) is 19.0 Å². The summed E-state index contributed by atoms with van der Waals surface area (Å²) in [6.45, 7) is 8.86. The number of methoxy groups -OCH3 is 1. The molecule has 4 rings (SSSR count). The van der Waals surface area contributed by atoms with Gasteiger partial charge in [-0.2, -0.15) is 0 Å². The van der Waals surface area contributed by atoms with E-state index in [4.69, 9.17) is 24.4 Å². The highest BCUT2D eigenvalue weighted by atomic mass is 16.5. The zero-order chi connectivity index (χ0) is 26.1. The number of rotatable bonds is 9. The lowest BCUT2D eigenvalue weighted by atomic mass is 10.00. The third kappa shape index (κ3) is 6.07. The molecule has 0 aliphatic heterocycles. The molecular weight excluding hydrogens is 454 g/mol. The summed E-state index contributed by atoms with van der Waals surface area (Å²) >= 11 is 0. The average Bonchev–Trinajstić information content (AvgIpc) is 3.32. The first-order valence-corrected chi connectivity index (χ1v) is 12.3. The second kappa shape index (κ2) is 12.8. The van der Waals surface area contributed by atoms with Crippen LogP contribution in [0.3, 0.4) is 0 Å². The zero-order valence-electron chi connectivity index (χ0n) is 21.7. The van der Waals surface area contributed by atoms with Gasteiger partial charge in [0.05, 0.1) is 26.4 Å². The third-order valence-electron chi connectivity index (χ3n) is 5.74. The molecule has 36 heavy (non-hydrogen) atoms. The first kappa shape index (κ1) is 26.8. The Labute approximate surface area is 213 Å². The van der Waals surface area contributed by atoms with E-state index in [9.17, 15) is 4.79 Å². The first-order chi connectivity index (χ1) is 17.5. The summed E-state index contributed by atoms with van der Waals surface area (Å²) in [5.41, 5.74) is 12.2. The number of fused-ring (bicyclic) bond motifs is 1. The Morgan fingerprint density at radius 2 is 1.78 bits per heavy atom. The number of carbonyl (C=O) groups excluding carboxylic acids is 1. The van der Waals surface area contributed by atoms with Crippen molar-refractivity contribution in [3.05, 3.63) is 83.1 Å². The molecule has 0 aliphatic rings. The van der Waals surface area contributed by atoms with E-state index in [1.807, 2.05) is 63.2 Å². The topological polar surface area (TPSA) is 83.9 Å². The molecule has 0 amide bonds. The molecule has 0 aliphatic carbocycles.